The summed E-state index contributed by atoms with van der Waals surface area (Å²) in [7, 11) is 0. The molecule has 4 heteroatoms. The van der Waals surface area contributed by atoms with E-state index in [9.17, 15) is 13.2 Å². The molecule has 0 aliphatic rings. The standard InChI is InChI=1S/C14H12F3N/c1-9-7-10(15)5-6-14(9)18-8-11-12(16)3-2-4-13(11)17/h2-7,18H,8H2,1H3. The molecule has 0 saturated heterocycles. The number of benzene rings is 2. The average molecular weight is 251 g/mol. The number of aryl methyl sites for hydroxylation is 1. The first-order chi connectivity index (χ1) is 8.58. The minimum Gasteiger partial charge on any atom is -0.381 e. The van der Waals surface area contributed by atoms with Crippen molar-refractivity contribution >= 4 is 5.69 Å². The van der Waals surface area contributed by atoms with Crippen LogP contribution in [0.5, 0.6) is 0 Å². The molecule has 0 amide bonds. The summed E-state index contributed by atoms with van der Waals surface area (Å²) >= 11 is 0. The van der Waals surface area contributed by atoms with E-state index in [1.165, 1.54) is 30.3 Å². The number of halogens is 3. The Morgan fingerprint density at radius 3 is 2.28 bits per heavy atom. The van der Waals surface area contributed by atoms with Gasteiger partial charge in [0.25, 0.3) is 0 Å². The van der Waals surface area contributed by atoms with E-state index in [0.29, 0.717) is 11.3 Å². The fourth-order valence-electron chi connectivity index (χ4n) is 1.71. The molecular formula is C14H12F3N. The summed E-state index contributed by atoms with van der Waals surface area (Å²) in [5.41, 5.74) is 1.31. The van der Waals surface area contributed by atoms with Gasteiger partial charge in [0.15, 0.2) is 0 Å². The van der Waals surface area contributed by atoms with Crippen molar-refractivity contribution in [3.05, 3.63) is 65.0 Å². The zero-order valence-corrected chi connectivity index (χ0v) is 9.81. The van der Waals surface area contributed by atoms with Crippen molar-refractivity contribution in [2.24, 2.45) is 0 Å². The second kappa shape index (κ2) is 5.12. The first-order valence-electron chi connectivity index (χ1n) is 5.51. The largest absolute Gasteiger partial charge is 0.381 e. The Hall–Kier alpha value is -1.97. The highest BCUT2D eigenvalue weighted by molar-refractivity contribution is 5.51. The summed E-state index contributed by atoms with van der Waals surface area (Å²) in [5, 5.41) is 2.89. The van der Waals surface area contributed by atoms with Gasteiger partial charge in [0.1, 0.15) is 17.5 Å². The zero-order chi connectivity index (χ0) is 13.1. The number of hydrogen-bond donors (Lipinski definition) is 1. The van der Waals surface area contributed by atoms with Gasteiger partial charge in [0.05, 0.1) is 0 Å². The maximum atomic E-state index is 13.4. The number of hydrogen-bond acceptors (Lipinski definition) is 1. The first-order valence-corrected chi connectivity index (χ1v) is 5.51. The van der Waals surface area contributed by atoms with Crippen LogP contribution in [0.25, 0.3) is 0 Å². The zero-order valence-electron chi connectivity index (χ0n) is 9.81. The summed E-state index contributed by atoms with van der Waals surface area (Å²) < 4.78 is 39.6. The lowest BCUT2D eigenvalue weighted by Crippen LogP contribution is -2.05. The molecule has 0 radical (unpaired) electrons. The van der Waals surface area contributed by atoms with Gasteiger partial charge in [0, 0.05) is 17.8 Å². The van der Waals surface area contributed by atoms with Crippen LogP contribution in [-0.4, -0.2) is 0 Å². The number of anilines is 1. The normalized spacial score (nSPS) is 10.4. The van der Waals surface area contributed by atoms with Crippen LogP contribution in [0.2, 0.25) is 0 Å². The number of nitrogens with one attached hydrogen (secondary N) is 1. The molecule has 0 unspecified atom stereocenters. The Morgan fingerprint density at radius 1 is 1.00 bits per heavy atom. The molecule has 1 nitrogen and oxygen atoms in total. The lowest BCUT2D eigenvalue weighted by Gasteiger charge is -2.10. The molecule has 18 heavy (non-hydrogen) atoms. The van der Waals surface area contributed by atoms with Crippen molar-refractivity contribution in [3.8, 4) is 0 Å². The Morgan fingerprint density at radius 2 is 1.67 bits per heavy atom. The van der Waals surface area contributed by atoms with Crippen LogP contribution in [0.1, 0.15) is 11.1 Å². The van der Waals surface area contributed by atoms with Gasteiger partial charge in [0.2, 0.25) is 0 Å². The molecular weight excluding hydrogens is 239 g/mol. The SMILES string of the molecule is Cc1cc(F)ccc1NCc1c(F)cccc1F. The van der Waals surface area contributed by atoms with Gasteiger partial charge in [-0.1, -0.05) is 6.07 Å². The monoisotopic (exact) mass is 251 g/mol. The van der Waals surface area contributed by atoms with Crippen molar-refractivity contribution in [2.75, 3.05) is 5.32 Å². The summed E-state index contributed by atoms with van der Waals surface area (Å²) in [6.07, 6.45) is 0. The molecule has 0 spiro atoms. The summed E-state index contributed by atoms with van der Waals surface area (Å²) in [5.74, 6) is -1.53. The quantitative estimate of drug-likeness (QED) is 0.868. The molecule has 0 fully saturated rings. The Balaban J connectivity index is 2.16. The van der Waals surface area contributed by atoms with Gasteiger partial charge in [-0.05, 0) is 42.8 Å². The average Bonchev–Trinajstić information content (AvgIpc) is 2.31. The highest BCUT2D eigenvalue weighted by Crippen LogP contribution is 2.18. The smallest absolute Gasteiger partial charge is 0.131 e. The summed E-state index contributed by atoms with van der Waals surface area (Å²) in [4.78, 5) is 0. The highest BCUT2D eigenvalue weighted by Gasteiger charge is 2.08. The van der Waals surface area contributed by atoms with Gasteiger partial charge in [-0.2, -0.15) is 0 Å². The molecule has 0 atom stereocenters. The third-order valence-corrected chi connectivity index (χ3v) is 2.71. The van der Waals surface area contributed by atoms with Gasteiger partial charge >= 0.3 is 0 Å². The van der Waals surface area contributed by atoms with Crippen LogP contribution in [0.4, 0.5) is 18.9 Å². The molecule has 94 valence electrons. The van der Waals surface area contributed by atoms with Crippen LogP contribution in [-0.2, 0) is 6.54 Å². The van der Waals surface area contributed by atoms with Crippen molar-refractivity contribution < 1.29 is 13.2 Å². The fraction of sp³-hybridized carbons (Fsp3) is 0.143. The van der Waals surface area contributed by atoms with Crippen LogP contribution < -0.4 is 5.32 Å². The molecule has 0 aliphatic heterocycles. The van der Waals surface area contributed by atoms with E-state index in [-0.39, 0.29) is 17.9 Å². The van der Waals surface area contributed by atoms with E-state index < -0.39 is 11.6 Å². The third kappa shape index (κ3) is 2.64. The van der Waals surface area contributed by atoms with E-state index in [2.05, 4.69) is 5.32 Å². The fourth-order valence-corrected chi connectivity index (χ4v) is 1.71. The predicted molar refractivity (Wildman–Crippen MR) is 64.8 cm³/mol. The van der Waals surface area contributed by atoms with E-state index in [1.54, 1.807) is 13.0 Å². The van der Waals surface area contributed by atoms with E-state index >= 15 is 0 Å². The molecule has 2 rings (SSSR count). The van der Waals surface area contributed by atoms with Crippen molar-refractivity contribution in [1.82, 2.24) is 0 Å². The summed E-state index contributed by atoms with van der Waals surface area (Å²) in [6, 6.07) is 7.93. The van der Waals surface area contributed by atoms with Crippen LogP contribution in [0, 0.1) is 24.4 Å². The molecule has 2 aromatic rings. The second-order valence-corrected chi connectivity index (χ2v) is 4.01. The minimum absolute atomic E-state index is 0.0188. The third-order valence-electron chi connectivity index (χ3n) is 2.71. The molecule has 0 aromatic heterocycles. The summed E-state index contributed by atoms with van der Waals surface area (Å²) in [6.45, 7) is 1.74. The lowest BCUT2D eigenvalue weighted by molar-refractivity contribution is 0.560. The maximum absolute atomic E-state index is 13.4. The van der Waals surface area contributed by atoms with Crippen LogP contribution in [0.3, 0.4) is 0 Å². The Labute approximate surface area is 103 Å². The molecule has 0 saturated carbocycles. The lowest BCUT2D eigenvalue weighted by atomic mass is 10.1. The maximum Gasteiger partial charge on any atom is 0.131 e. The topological polar surface area (TPSA) is 12.0 Å². The predicted octanol–water partition coefficient (Wildman–Crippen LogP) is 4.02. The molecule has 0 aliphatic carbocycles. The van der Waals surface area contributed by atoms with Gasteiger partial charge in [-0.3, -0.25) is 0 Å². The molecule has 0 bridgehead atoms. The van der Waals surface area contributed by atoms with Crippen molar-refractivity contribution in [1.29, 1.82) is 0 Å². The van der Waals surface area contributed by atoms with E-state index in [4.69, 9.17) is 0 Å². The van der Waals surface area contributed by atoms with Gasteiger partial charge in [-0.15, -0.1) is 0 Å². The Kier molecular flexibility index (Phi) is 3.55. The van der Waals surface area contributed by atoms with Gasteiger partial charge < -0.3 is 5.32 Å². The van der Waals surface area contributed by atoms with Crippen molar-refractivity contribution in [3.63, 3.8) is 0 Å². The van der Waals surface area contributed by atoms with Gasteiger partial charge in [-0.25, -0.2) is 13.2 Å². The Bertz CT molecular complexity index is 547. The number of rotatable bonds is 3. The van der Waals surface area contributed by atoms with Crippen LogP contribution in [0.15, 0.2) is 36.4 Å². The van der Waals surface area contributed by atoms with E-state index in [0.717, 1.165) is 0 Å². The molecule has 1 N–H and O–H groups in total. The minimum atomic E-state index is -0.595. The van der Waals surface area contributed by atoms with E-state index in [1.807, 2.05) is 0 Å². The molecule has 2 aromatic carbocycles. The molecule has 0 heterocycles. The van der Waals surface area contributed by atoms with Crippen LogP contribution >= 0.6 is 0 Å². The second-order valence-electron chi connectivity index (χ2n) is 4.01. The highest BCUT2D eigenvalue weighted by atomic mass is 19.1. The first kappa shape index (κ1) is 12.5. The van der Waals surface area contributed by atoms with Crippen molar-refractivity contribution in [2.45, 2.75) is 13.5 Å².